The zero-order chi connectivity index (χ0) is 35.3. The molecule has 12 rings (SSSR count). The molecule has 0 unspecified atom stereocenters. The molecular formula is C52H30O2. The number of hydrogen-bond donors (Lipinski definition) is 0. The van der Waals surface area contributed by atoms with E-state index in [4.69, 9.17) is 8.83 Å². The summed E-state index contributed by atoms with van der Waals surface area (Å²) < 4.78 is 13.3. The molecule has 2 heterocycles. The second-order valence-electron chi connectivity index (χ2n) is 14.3. The quantitative estimate of drug-likeness (QED) is 0.173. The van der Waals surface area contributed by atoms with Crippen molar-refractivity contribution in [3.8, 4) is 33.4 Å². The van der Waals surface area contributed by atoms with Crippen molar-refractivity contribution in [2.45, 2.75) is 0 Å². The van der Waals surface area contributed by atoms with Crippen molar-refractivity contribution in [1.29, 1.82) is 0 Å². The lowest BCUT2D eigenvalue weighted by atomic mass is 9.84. The van der Waals surface area contributed by atoms with Gasteiger partial charge in [0.05, 0.1) is 0 Å². The van der Waals surface area contributed by atoms with Crippen molar-refractivity contribution in [2.75, 3.05) is 0 Å². The number of para-hydroxylation sites is 1. The Morgan fingerprint density at radius 1 is 0.278 bits per heavy atom. The van der Waals surface area contributed by atoms with Gasteiger partial charge < -0.3 is 8.83 Å². The molecule has 12 aromatic rings. The molecule has 10 aromatic carbocycles. The fourth-order valence-electron chi connectivity index (χ4n) is 9.10. The first kappa shape index (κ1) is 29.4. The maximum atomic E-state index is 6.83. The van der Waals surface area contributed by atoms with Crippen LogP contribution in [0.25, 0.3) is 120 Å². The zero-order valence-electron chi connectivity index (χ0n) is 29.1. The van der Waals surface area contributed by atoms with Crippen LogP contribution in [0.4, 0.5) is 0 Å². The van der Waals surface area contributed by atoms with Crippen LogP contribution in [0.1, 0.15) is 0 Å². The van der Waals surface area contributed by atoms with E-state index in [0.717, 1.165) is 65.8 Å². The standard InChI is InChI=1S/C52H30O2/c1-2-17-35-31(13-1)14-12-25-36(35)48-39-20-5-3-18-37(39)47(38-19-4-6-21-40(38)48)34-16-11-15-32(29-34)33-27-28-44-46(30-33)54-52-42-23-8-7-22-41(42)51-49(50(44)52)43-24-9-10-26-45(43)53-51/h1-30H. The molecule has 0 atom stereocenters. The van der Waals surface area contributed by atoms with Gasteiger partial charge in [0.25, 0.3) is 0 Å². The molecule has 2 heteroatoms. The van der Waals surface area contributed by atoms with Crippen LogP contribution >= 0.6 is 0 Å². The van der Waals surface area contributed by atoms with Gasteiger partial charge in [-0.1, -0.05) is 158 Å². The molecule has 0 aliphatic rings. The number of benzene rings is 10. The summed E-state index contributed by atoms with van der Waals surface area (Å²) in [5.74, 6) is 0. The molecule has 0 bridgehead atoms. The summed E-state index contributed by atoms with van der Waals surface area (Å²) in [6.07, 6.45) is 0. The summed E-state index contributed by atoms with van der Waals surface area (Å²) in [6, 6.07) is 65.5. The second kappa shape index (κ2) is 11.2. The third-order valence-corrected chi connectivity index (χ3v) is 11.4. The Kier molecular flexibility index (Phi) is 6.09. The number of furan rings is 2. The van der Waals surface area contributed by atoms with Crippen LogP contribution in [0.2, 0.25) is 0 Å². The lowest BCUT2D eigenvalue weighted by Crippen LogP contribution is -1.92. The Morgan fingerprint density at radius 2 is 0.759 bits per heavy atom. The van der Waals surface area contributed by atoms with Gasteiger partial charge in [0.1, 0.15) is 22.3 Å². The SMILES string of the molecule is c1cc(-c2ccc3c(c2)oc2c4ccccc4c4oc5ccccc5c4c32)cc(-c2c3ccccc3c(-c3cccc4ccccc34)c3ccccc23)c1. The van der Waals surface area contributed by atoms with Gasteiger partial charge in [-0.15, -0.1) is 0 Å². The highest BCUT2D eigenvalue weighted by molar-refractivity contribution is 6.34. The van der Waals surface area contributed by atoms with Crippen molar-refractivity contribution < 1.29 is 8.83 Å². The minimum Gasteiger partial charge on any atom is -0.455 e. The van der Waals surface area contributed by atoms with Crippen LogP contribution in [0.15, 0.2) is 191 Å². The van der Waals surface area contributed by atoms with E-state index in [-0.39, 0.29) is 0 Å². The lowest BCUT2D eigenvalue weighted by molar-refractivity contribution is 0.668. The molecule has 0 saturated heterocycles. The first-order valence-electron chi connectivity index (χ1n) is 18.5. The van der Waals surface area contributed by atoms with E-state index in [9.17, 15) is 0 Å². The van der Waals surface area contributed by atoms with Gasteiger partial charge in [0, 0.05) is 32.3 Å². The smallest absolute Gasteiger partial charge is 0.144 e. The molecule has 0 radical (unpaired) electrons. The monoisotopic (exact) mass is 686 g/mol. The van der Waals surface area contributed by atoms with Crippen LogP contribution in [0, 0.1) is 0 Å². The van der Waals surface area contributed by atoms with Crippen LogP contribution in [-0.2, 0) is 0 Å². The van der Waals surface area contributed by atoms with Crippen LogP contribution in [0.3, 0.4) is 0 Å². The number of rotatable bonds is 3. The molecule has 0 aliphatic carbocycles. The third-order valence-electron chi connectivity index (χ3n) is 11.4. The van der Waals surface area contributed by atoms with Gasteiger partial charge in [0.2, 0.25) is 0 Å². The third kappa shape index (κ3) is 4.11. The normalized spacial score (nSPS) is 12.1. The zero-order valence-corrected chi connectivity index (χ0v) is 29.1. The molecule has 0 saturated carbocycles. The molecule has 0 N–H and O–H groups in total. The van der Waals surface area contributed by atoms with Gasteiger partial charge in [0.15, 0.2) is 0 Å². The first-order chi connectivity index (χ1) is 26.8. The van der Waals surface area contributed by atoms with Crippen LogP contribution < -0.4 is 0 Å². The Balaban J connectivity index is 1.08. The highest BCUT2D eigenvalue weighted by Gasteiger charge is 2.22. The molecule has 0 fully saturated rings. The lowest BCUT2D eigenvalue weighted by Gasteiger charge is -2.19. The average Bonchev–Trinajstić information content (AvgIpc) is 3.82. The number of fused-ring (bicyclic) bond motifs is 13. The fourth-order valence-corrected chi connectivity index (χ4v) is 9.10. The summed E-state index contributed by atoms with van der Waals surface area (Å²) in [7, 11) is 0. The van der Waals surface area contributed by atoms with Gasteiger partial charge in [-0.2, -0.15) is 0 Å². The van der Waals surface area contributed by atoms with E-state index < -0.39 is 0 Å². The summed E-state index contributed by atoms with van der Waals surface area (Å²) in [6.45, 7) is 0. The average molecular weight is 687 g/mol. The molecular weight excluding hydrogens is 657 g/mol. The Labute approximate surface area is 310 Å². The van der Waals surface area contributed by atoms with Gasteiger partial charge in [-0.05, 0) is 90.0 Å². The molecule has 2 aromatic heterocycles. The summed E-state index contributed by atoms with van der Waals surface area (Å²) in [5.41, 5.74) is 10.8. The first-order valence-corrected chi connectivity index (χ1v) is 18.5. The molecule has 54 heavy (non-hydrogen) atoms. The van der Waals surface area contributed by atoms with Crippen LogP contribution in [0.5, 0.6) is 0 Å². The van der Waals surface area contributed by atoms with Gasteiger partial charge in [-0.25, -0.2) is 0 Å². The Hall–Kier alpha value is -7.16. The summed E-state index contributed by atoms with van der Waals surface area (Å²) >= 11 is 0. The molecule has 2 nitrogen and oxygen atoms in total. The van der Waals surface area contributed by atoms with Gasteiger partial charge in [-0.3, -0.25) is 0 Å². The van der Waals surface area contributed by atoms with Gasteiger partial charge >= 0.3 is 0 Å². The maximum absolute atomic E-state index is 6.83. The fraction of sp³-hybridized carbons (Fsp3) is 0. The number of hydrogen-bond acceptors (Lipinski definition) is 2. The van der Waals surface area contributed by atoms with Crippen molar-refractivity contribution in [1.82, 2.24) is 0 Å². The minimum absolute atomic E-state index is 0.867. The molecule has 0 spiro atoms. The maximum Gasteiger partial charge on any atom is 0.144 e. The van der Waals surface area contributed by atoms with E-state index in [1.54, 1.807) is 0 Å². The summed E-state index contributed by atoms with van der Waals surface area (Å²) in [5, 5.41) is 14.0. The van der Waals surface area contributed by atoms with Crippen molar-refractivity contribution in [3.05, 3.63) is 182 Å². The second-order valence-corrected chi connectivity index (χ2v) is 14.3. The van der Waals surface area contributed by atoms with E-state index in [1.165, 1.54) is 54.6 Å². The van der Waals surface area contributed by atoms with Crippen molar-refractivity contribution >= 4 is 87.0 Å². The topological polar surface area (TPSA) is 26.3 Å². The van der Waals surface area contributed by atoms with E-state index in [1.807, 2.05) is 12.1 Å². The molecule has 0 aliphatic heterocycles. The highest BCUT2D eigenvalue weighted by atomic mass is 16.3. The highest BCUT2D eigenvalue weighted by Crippen LogP contribution is 2.47. The minimum atomic E-state index is 0.867. The van der Waals surface area contributed by atoms with E-state index >= 15 is 0 Å². The predicted molar refractivity (Wildman–Crippen MR) is 227 cm³/mol. The van der Waals surface area contributed by atoms with Crippen molar-refractivity contribution in [2.24, 2.45) is 0 Å². The Bertz CT molecular complexity index is 3440. The van der Waals surface area contributed by atoms with Crippen LogP contribution in [-0.4, -0.2) is 0 Å². The van der Waals surface area contributed by atoms with Crippen molar-refractivity contribution in [3.63, 3.8) is 0 Å². The van der Waals surface area contributed by atoms with E-state index in [0.29, 0.717) is 0 Å². The summed E-state index contributed by atoms with van der Waals surface area (Å²) in [4.78, 5) is 0. The molecule has 0 amide bonds. The largest absolute Gasteiger partial charge is 0.455 e. The Morgan fingerprint density at radius 3 is 1.46 bits per heavy atom. The molecule has 250 valence electrons. The van der Waals surface area contributed by atoms with E-state index in [2.05, 4.69) is 170 Å². The predicted octanol–water partition coefficient (Wildman–Crippen LogP) is 15.1.